The molecule has 0 aliphatic carbocycles. The fraction of sp³-hybridized carbons (Fsp3) is 0.429. The molecular weight excluding hydrogens is 593 g/mol. The lowest BCUT2D eigenvalue weighted by molar-refractivity contribution is 0.107. The topological polar surface area (TPSA) is 88.8 Å². The van der Waals surface area contributed by atoms with Gasteiger partial charge in [-0.3, -0.25) is 4.90 Å². The lowest BCUT2D eigenvalue weighted by Crippen LogP contribution is -2.60. The molecule has 8 nitrogen and oxygen atoms in total. The number of halogens is 3. The van der Waals surface area contributed by atoms with E-state index in [1.165, 1.54) is 6.07 Å². The van der Waals surface area contributed by atoms with E-state index >= 15 is 4.39 Å². The zero-order valence-corrected chi connectivity index (χ0v) is 25.2. The molecule has 5 aliphatic heterocycles. The summed E-state index contributed by atoms with van der Waals surface area (Å²) >= 11 is 0. The van der Waals surface area contributed by atoms with Crippen LogP contribution in [0.2, 0.25) is 0 Å². The molecule has 3 aromatic carbocycles. The van der Waals surface area contributed by atoms with Gasteiger partial charge in [-0.1, -0.05) is 12.0 Å². The molecule has 5 atom stereocenters. The molecule has 2 bridgehead atoms. The molecule has 3 unspecified atom stereocenters. The number of ether oxygens (including phenoxy) is 2. The maximum atomic E-state index is 17.1. The lowest BCUT2D eigenvalue weighted by atomic mass is 9.92. The van der Waals surface area contributed by atoms with Crippen LogP contribution in [0.5, 0.6) is 11.8 Å². The van der Waals surface area contributed by atoms with Gasteiger partial charge in [-0.25, -0.2) is 13.2 Å². The van der Waals surface area contributed by atoms with Crippen molar-refractivity contribution in [1.29, 1.82) is 0 Å². The number of hydrogen-bond acceptors (Lipinski definition) is 8. The van der Waals surface area contributed by atoms with Crippen LogP contribution in [0.25, 0.3) is 32.8 Å². The van der Waals surface area contributed by atoms with Gasteiger partial charge < -0.3 is 25.4 Å². The van der Waals surface area contributed by atoms with E-state index in [4.69, 9.17) is 26.6 Å². The summed E-state index contributed by atoms with van der Waals surface area (Å²) in [7, 11) is 0. The van der Waals surface area contributed by atoms with E-state index in [9.17, 15) is 8.78 Å². The highest BCUT2D eigenvalue weighted by atomic mass is 19.1. The molecule has 6 heterocycles. The second kappa shape index (κ2) is 10.1. The van der Waals surface area contributed by atoms with Crippen molar-refractivity contribution in [2.24, 2.45) is 0 Å². The van der Waals surface area contributed by atoms with Crippen molar-refractivity contribution in [3.05, 3.63) is 47.5 Å². The first-order chi connectivity index (χ1) is 22.3. The maximum Gasteiger partial charge on any atom is 0.319 e. The zero-order chi connectivity index (χ0) is 31.3. The van der Waals surface area contributed by atoms with Gasteiger partial charge in [0.05, 0.1) is 22.5 Å². The standard InChI is InChI=1S/C35H33F3N6O2/c1-2-22-25(37)6-4-18-10-20(39)11-23(29(18)22)24-12-28-30-32(31(24)38)41-34(46-17-35-8-3-9-43(35)14-19(36)13-35)42-33(30)44-15-21-5-7-26(40-21)27(44)16-45-28/h1,4,6,10-12,19,21,26-27,40H,3,5,7-9,13-17,39H2/t19-,21?,26?,27?,35+/m1/s1. The number of nitrogens with two attached hydrogens (primary N) is 1. The number of nitrogens with zero attached hydrogens (tertiary/aromatic N) is 4. The fourth-order valence-electron chi connectivity index (χ4n) is 8.77. The van der Waals surface area contributed by atoms with Crippen LogP contribution in [-0.4, -0.2) is 77.6 Å². The summed E-state index contributed by atoms with van der Waals surface area (Å²) in [5.41, 5.74) is 6.76. The Kier molecular flexibility index (Phi) is 6.15. The van der Waals surface area contributed by atoms with Gasteiger partial charge in [-0.15, -0.1) is 6.42 Å². The minimum absolute atomic E-state index is 0.0218. The van der Waals surface area contributed by atoms with Crippen LogP contribution in [0.1, 0.15) is 37.7 Å². The van der Waals surface area contributed by atoms with Gasteiger partial charge in [0, 0.05) is 48.2 Å². The quantitative estimate of drug-likeness (QED) is 0.243. The minimum atomic E-state index is -0.909. The molecule has 236 valence electrons. The monoisotopic (exact) mass is 626 g/mol. The summed E-state index contributed by atoms with van der Waals surface area (Å²) in [6, 6.07) is 8.26. The van der Waals surface area contributed by atoms with Crippen LogP contribution in [0.3, 0.4) is 0 Å². The van der Waals surface area contributed by atoms with Crippen molar-refractivity contribution in [1.82, 2.24) is 20.2 Å². The third-order valence-corrected chi connectivity index (χ3v) is 10.8. The summed E-state index contributed by atoms with van der Waals surface area (Å²) in [5, 5.41) is 5.12. The number of fused-ring (bicyclic) bond motifs is 7. The number of hydrogen-bond donors (Lipinski definition) is 2. The maximum absolute atomic E-state index is 17.1. The number of aromatic nitrogens is 2. The molecule has 0 amide bonds. The minimum Gasteiger partial charge on any atom is -0.491 e. The van der Waals surface area contributed by atoms with Crippen molar-refractivity contribution >= 4 is 33.2 Å². The van der Waals surface area contributed by atoms with Gasteiger partial charge in [-0.05, 0) is 67.4 Å². The number of piperazine rings is 1. The van der Waals surface area contributed by atoms with Crippen molar-refractivity contribution in [3.63, 3.8) is 0 Å². The summed E-state index contributed by atoms with van der Waals surface area (Å²) in [5.74, 6) is 2.20. The van der Waals surface area contributed by atoms with Gasteiger partial charge in [0.15, 0.2) is 5.82 Å². The van der Waals surface area contributed by atoms with E-state index in [0.717, 1.165) is 32.2 Å². The Hall–Kier alpha value is -4.27. The Morgan fingerprint density at radius 3 is 2.89 bits per heavy atom. The Bertz CT molecular complexity index is 1980. The predicted octanol–water partition coefficient (Wildman–Crippen LogP) is 4.95. The van der Waals surface area contributed by atoms with Crippen LogP contribution in [-0.2, 0) is 0 Å². The van der Waals surface area contributed by atoms with E-state index in [0.29, 0.717) is 65.1 Å². The van der Waals surface area contributed by atoms with E-state index in [2.05, 4.69) is 26.0 Å². The highest BCUT2D eigenvalue weighted by Gasteiger charge is 2.50. The number of nitrogens with one attached hydrogen (secondary N) is 1. The van der Waals surface area contributed by atoms with Gasteiger partial charge in [-0.2, -0.15) is 9.97 Å². The fourth-order valence-corrected chi connectivity index (χ4v) is 8.77. The third kappa shape index (κ3) is 4.09. The van der Waals surface area contributed by atoms with Crippen LogP contribution in [0, 0.1) is 24.0 Å². The number of nitrogen functional groups attached to an aromatic ring is 1. The molecule has 0 radical (unpaired) electrons. The first-order valence-corrected chi connectivity index (χ1v) is 16.0. The molecule has 0 spiro atoms. The van der Waals surface area contributed by atoms with Crippen molar-refractivity contribution in [2.75, 3.05) is 43.5 Å². The number of terminal acetylenes is 1. The van der Waals surface area contributed by atoms with Crippen LogP contribution < -0.4 is 25.4 Å². The van der Waals surface area contributed by atoms with E-state index < -0.39 is 23.3 Å². The molecule has 4 aromatic rings. The van der Waals surface area contributed by atoms with Gasteiger partial charge >= 0.3 is 6.01 Å². The molecule has 4 fully saturated rings. The summed E-state index contributed by atoms with van der Waals surface area (Å²) in [6.45, 7) is 2.47. The van der Waals surface area contributed by atoms with E-state index in [-0.39, 0.29) is 47.4 Å². The van der Waals surface area contributed by atoms with Crippen molar-refractivity contribution < 1.29 is 22.6 Å². The van der Waals surface area contributed by atoms with Crippen LogP contribution in [0.4, 0.5) is 24.7 Å². The predicted molar refractivity (Wildman–Crippen MR) is 170 cm³/mol. The van der Waals surface area contributed by atoms with Gasteiger partial charge in [0.1, 0.15) is 42.3 Å². The average molecular weight is 627 g/mol. The molecule has 46 heavy (non-hydrogen) atoms. The van der Waals surface area contributed by atoms with Crippen LogP contribution in [0.15, 0.2) is 30.3 Å². The second-order valence-corrected chi connectivity index (χ2v) is 13.5. The highest BCUT2D eigenvalue weighted by molar-refractivity contribution is 6.06. The summed E-state index contributed by atoms with van der Waals surface area (Å²) < 4.78 is 59.4. The molecule has 3 N–H and O–H groups in total. The summed E-state index contributed by atoms with van der Waals surface area (Å²) in [4.78, 5) is 14.0. The summed E-state index contributed by atoms with van der Waals surface area (Å²) in [6.07, 6.45) is 9.08. The first-order valence-electron chi connectivity index (χ1n) is 16.0. The van der Waals surface area contributed by atoms with Crippen molar-refractivity contribution in [2.45, 2.75) is 61.9 Å². The van der Waals surface area contributed by atoms with E-state index in [1.54, 1.807) is 24.3 Å². The normalized spacial score (nSPS) is 28.2. The zero-order valence-electron chi connectivity index (χ0n) is 25.2. The van der Waals surface area contributed by atoms with Gasteiger partial charge in [0.2, 0.25) is 0 Å². The first kappa shape index (κ1) is 28.0. The molecular formula is C35H33F3N6O2. The molecule has 5 aliphatic rings. The van der Waals surface area contributed by atoms with Crippen LogP contribution >= 0.6 is 0 Å². The Morgan fingerprint density at radius 1 is 1.13 bits per heavy atom. The SMILES string of the molecule is C#Cc1c(F)ccc2cc(N)cc(-c3cc4c5c(nc(OC[C@@]67CCCN6C[C@H](F)C7)nc5c3F)N3CC5CCC(N5)C3CO4)c12. The Labute approximate surface area is 264 Å². The molecule has 1 aromatic heterocycles. The van der Waals surface area contributed by atoms with Gasteiger partial charge in [0.25, 0.3) is 0 Å². The Balaban J connectivity index is 1.25. The Morgan fingerprint density at radius 2 is 2.02 bits per heavy atom. The number of anilines is 2. The molecule has 4 saturated heterocycles. The largest absolute Gasteiger partial charge is 0.491 e. The van der Waals surface area contributed by atoms with Crippen molar-refractivity contribution in [3.8, 4) is 35.2 Å². The third-order valence-electron chi connectivity index (χ3n) is 10.8. The second-order valence-electron chi connectivity index (χ2n) is 13.5. The smallest absolute Gasteiger partial charge is 0.319 e. The van der Waals surface area contributed by atoms with E-state index in [1.807, 2.05) is 0 Å². The lowest BCUT2D eigenvalue weighted by Gasteiger charge is -2.40. The average Bonchev–Trinajstić information content (AvgIpc) is 3.68. The molecule has 9 rings (SSSR count). The number of rotatable bonds is 4. The highest BCUT2D eigenvalue weighted by Crippen LogP contribution is 2.47. The molecule has 0 saturated carbocycles. The number of alkyl halides is 1. The number of benzene rings is 3. The molecule has 11 heteroatoms.